The summed E-state index contributed by atoms with van der Waals surface area (Å²) in [4.78, 5) is 13.0. The Balaban J connectivity index is 1.98. The molecule has 156 valence electrons. The fraction of sp³-hybridized carbons (Fsp3) is 0.174. The second-order valence-electron chi connectivity index (χ2n) is 6.81. The molecule has 3 aromatic rings. The van der Waals surface area contributed by atoms with E-state index in [1.807, 2.05) is 25.1 Å². The SMILES string of the molecule is CCc1ccccc1NC(=O)CN(c1ccc(Cl)cc1C)S(=O)(=O)c1ccccc1. The minimum atomic E-state index is -3.96. The lowest BCUT2D eigenvalue weighted by molar-refractivity contribution is -0.114. The van der Waals surface area contributed by atoms with E-state index in [4.69, 9.17) is 11.6 Å². The molecule has 0 aliphatic rings. The standard InChI is InChI=1S/C23H23ClN2O3S/c1-3-18-9-7-8-12-21(18)25-23(27)16-26(22-14-13-19(24)15-17(22)2)30(28,29)20-10-5-4-6-11-20/h4-15H,3,16H2,1-2H3,(H,25,27). The van der Waals surface area contributed by atoms with Crippen LogP contribution in [0.3, 0.4) is 0 Å². The highest BCUT2D eigenvalue weighted by Crippen LogP contribution is 2.29. The van der Waals surface area contributed by atoms with Crippen molar-refractivity contribution in [3.05, 3.63) is 88.9 Å². The van der Waals surface area contributed by atoms with E-state index >= 15 is 0 Å². The number of anilines is 2. The summed E-state index contributed by atoms with van der Waals surface area (Å²) < 4.78 is 27.9. The highest BCUT2D eigenvalue weighted by molar-refractivity contribution is 7.92. The fourth-order valence-corrected chi connectivity index (χ4v) is 4.92. The molecule has 0 saturated carbocycles. The van der Waals surface area contributed by atoms with Gasteiger partial charge in [-0.05, 0) is 60.9 Å². The molecule has 0 radical (unpaired) electrons. The quantitative estimate of drug-likeness (QED) is 0.557. The maximum Gasteiger partial charge on any atom is 0.264 e. The van der Waals surface area contributed by atoms with Gasteiger partial charge in [0.1, 0.15) is 6.54 Å². The van der Waals surface area contributed by atoms with Crippen molar-refractivity contribution in [2.75, 3.05) is 16.2 Å². The zero-order chi connectivity index (χ0) is 21.7. The number of hydrogen-bond donors (Lipinski definition) is 1. The van der Waals surface area contributed by atoms with E-state index in [-0.39, 0.29) is 11.4 Å². The summed E-state index contributed by atoms with van der Waals surface area (Å²) >= 11 is 6.05. The van der Waals surface area contributed by atoms with Gasteiger partial charge in [-0.3, -0.25) is 9.10 Å². The Morgan fingerprint density at radius 1 is 1.00 bits per heavy atom. The van der Waals surface area contributed by atoms with Crippen LogP contribution in [-0.4, -0.2) is 20.9 Å². The molecule has 1 N–H and O–H groups in total. The van der Waals surface area contributed by atoms with E-state index in [0.29, 0.717) is 22.0 Å². The summed E-state index contributed by atoms with van der Waals surface area (Å²) in [6, 6.07) is 20.4. The highest BCUT2D eigenvalue weighted by Gasteiger charge is 2.28. The van der Waals surface area contributed by atoms with Crippen LogP contribution in [0.5, 0.6) is 0 Å². The minimum absolute atomic E-state index is 0.112. The van der Waals surface area contributed by atoms with Crippen LogP contribution >= 0.6 is 11.6 Å². The highest BCUT2D eigenvalue weighted by atomic mass is 35.5. The van der Waals surface area contributed by atoms with Gasteiger partial charge in [0.2, 0.25) is 5.91 Å². The molecule has 7 heteroatoms. The average molecular weight is 443 g/mol. The van der Waals surface area contributed by atoms with Crippen LogP contribution in [0.15, 0.2) is 77.7 Å². The van der Waals surface area contributed by atoms with Gasteiger partial charge in [-0.2, -0.15) is 0 Å². The predicted molar refractivity (Wildman–Crippen MR) is 122 cm³/mol. The second-order valence-corrected chi connectivity index (χ2v) is 9.11. The first-order valence-electron chi connectivity index (χ1n) is 9.54. The molecule has 1 amide bonds. The molecule has 0 aliphatic heterocycles. The van der Waals surface area contributed by atoms with Gasteiger partial charge >= 0.3 is 0 Å². The van der Waals surface area contributed by atoms with Crippen molar-refractivity contribution in [3.63, 3.8) is 0 Å². The van der Waals surface area contributed by atoms with Crippen LogP contribution in [0.2, 0.25) is 5.02 Å². The van der Waals surface area contributed by atoms with Gasteiger partial charge in [-0.15, -0.1) is 0 Å². The molecule has 0 aromatic heterocycles. The van der Waals surface area contributed by atoms with E-state index in [1.54, 1.807) is 49.4 Å². The first kappa shape index (κ1) is 21.9. The number of nitrogens with one attached hydrogen (secondary N) is 1. The molecule has 0 saturated heterocycles. The van der Waals surface area contributed by atoms with Crippen molar-refractivity contribution < 1.29 is 13.2 Å². The predicted octanol–water partition coefficient (Wildman–Crippen LogP) is 5.04. The number of benzene rings is 3. The minimum Gasteiger partial charge on any atom is -0.324 e. The number of para-hydroxylation sites is 1. The molecule has 0 fully saturated rings. The van der Waals surface area contributed by atoms with Crippen molar-refractivity contribution in [3.8, 4) is 0 Å². The Kier molecular flexibility index (Phi) is 6.80. The van der Waals surface area contributed by atoms with E-state index in [9.17, 15) is 13.2 Å². The Labute approximate surface area is 182 Å². The summed E-state index contributed by atoms with van der Waals surface area (Å²) in [5.41, 5.74) is 2.71. The van der Waals surface area contributed by atoms with E-state index < -0.39 is 15.9 Å². The van der Waals surface area contributed by atoms with Gasteiger partial charge in [-0.1, -0.05) is 54.9 Å². The van der Waals surface area contributed by atoms with Gasteiger partial charge in [-0.25, -0.2) is 8.42 Å². The molecule has 0 spiro atoms. The molecular weight excluding hydrogens is 420 g/mol. The van der Waals surface area contributed by atoms with Crippen LogP contribution in [-0.2, 0) is 21.2 Å². The molecule has 0 heterocycles. The number of amides is 1. The molecule has 0 atom stereocenters. The van der Waals surface area contributed by atoms with Crippen molar-refractivity contribution in [1.82, 2.24) is 0 Å². The zero-order valence-corrected chi connectivity index (χ0v) is 18.4. The number of carbonyl (C=O) groups is 1. The molecule has 30 heavy (non-hydrogen) atoms. The summed E-state index contributed by atoms with van der Waals surface area (Å²) in [6.45, 7) is 3.39. The number of nitrogens with zero attached hydrogens (tertiary/aromatic N) is 1. The van der Waals surface area contributed by atoms with Crippen LogP contribution in [0.25, 0.3) is 0 Å². The van der Waals surface area contributed by atoms with E-state index in [2.05, 4.69) is 5.32 Å². The third kappa shape index (κ3) is 4.83. The summed E-state index contributed by atoms with van der Waals surface area (Å²) in [5.74, 6) is -0.426. The number of halogens is 1. The van der Waals surface area contributed by atoms with Crippen molar-refractivity contribution in [1.29, 1.82) is 0 Å². The first-order chi connectivity index (χ1) is 14.3. The lowest BCUT2D eigenvalue weighted by atomic mass is 10.1. The lowest BCUT2D eigenvalue weighted by Crippen LogP contribution is -2.38. The van der Waals surface area contributed by atoms with E-state index in [1.165, 1.54) is 12.1 Å². The number of carbonyl (C=O) groups excluding carboxylic acids is 1. The molecule has 5 nitrogen and oxygen atoms in total. The van der Waals surface area contributed by atoms with Crippen molar-refractivity contribution in [2.24, 2.45) is 0 Å². The second kappa shape index (κ2) is 9.32. The fourth-order valence-electron chi connectivity index (χ4n) is 3.19. The summed E-state index contributed by atoms with van der Waals surface area (Å²) in [7, 11) is -3.96. The number of hydrogen-bond acceptors (Lipinski definition) is 3. The van der Waals surface area contributed by atoms with Crippen LogP contribution < -0.4 is 9.62 Å². The van der Waals surface area contributed by atoms with E-state index in [0.717, 1.165) is 16.3 Å². The topological polar surface area (TPSA) is 66.5 Å². The zero-order valence-electron chi connectivity index (χ0n) is 16.8. The summed E-state index contributed by atoms with van der Waals surface area (Å²) in [5, 5.41) is 3.34. The normalized spacial score (nSPS) is 11.2. The maximum atomic E-state index is 13.4. The first-order valence-corrected chi connectivity index (χ1v) is 11.4. The third-order valence-electron chi connectivity index (χ3n) is 4.72. The van der Waals surface area contributed by atoms with Crippen LogP contribution in [0, 0.1) is 6.92 Å². The van der Waals surface area contributed by atoms with Gasteiger partial charge < -0.3 is 5.32 Å². The van der Waals surface area contributed by atoms with Crippen LogP contribution in [0.4, 0.5) is 11.4 Å². The lowest BCUT2D eigenvalue weighted by Gasteiger charge is -2.26. The smallest absolute Gasteiger partial charge is 0.264 e. The Morgan fingerprint density at radius 2 is 1.67 bits per heavy atom. The molecule has 0 bridgehead atoms. The molecular formula is C23H23ClN2O3S. The Morgan fingerprint density at radius 3 is 2.33 bits per heavy atom. The van der Waals surface area contributed by atoms with Crippen molar-refractivity contribution in [2.45, 2.75) is 25.2 Å². The molecule has 0 unspecified atom stereocenters. The van der Waals surface area contributed by atoms with Gasteiger partial charge in [0.25, 0.3) is 10.0 Å². The number of aryl methyl sites for hydroxylation is 2. The third-order valence-corrected chi connectivity index (χ3v) is 6.73. The largest absolute Gasteiger partial charge is 0.324 e. The number of rotatable bonds is 7. The number of sulfonamides is 1. The Hall–Kier alpha value is -2.83. The monoisotopic (exact) mass is 442 g/mol. The van der Waals surface area contributed by atoms with Gasteiger partial charge in [0.05, 0.1) is 10.6 Å². The van der Waals surface area contributed by atoms with Crippen LogP contribution in [0.1, 0.15) is 18.1 Å². The van der Waals surface area contributed by atoms with Gasteiger partial charge in [0.15, 0.2) is 0 Å². The molecule has 3 rings (SSSR count). The van der Waals surface area contributed by atoms with Gasteiger partial charge in [0, 0.05) is 10.7 Å². The maximum absolute atomic E-state index is 13.4. The molecule has 0 aliphatic carbocycles. The van der Waals surface area contributed by atoms with Crippen molar-refractivity contribution >= 4 is 38.9 Å². The average Bonchev–Trinajstić information content (AvgIpc) is 2.73. The summed E-state index contributed by atoms with van der Waals surface area (Å²) in [6.07, 6.45) is 0.749. The Bertz CT molecular complexity index is 1150. The molecule has 3 aromatic carbocycles.